The Hall–Kier alpha value is -3.52. The van der Waals surface area contributed by atoms with Gasteiger partial charge in [0.2, 0.25) is 5.91 Å². The highest BCUT2D eigenvalue weighted by Crippen LogP contribution is 2.16. The normalized spacial score (nSPS) is 13.2. The van der Waals surface area contributed by atoms with Crippen molar-refractivity contribution in [2.45, 2.75) is 71.9 Å². The Morgan fingerprint density at radius 1 is 1.00 bits per heavy atom. The molecule has 0 radical (unpaired) electrons. The maximum absolute atomic E-state index is 13.5. The lowest BCUT2D eigenvalue weighted by atomic mass is 9.91. The van der Waals surface area contributed by atoms with E-state index in [1.165, 1.54) is 12.1 Å². The van der Waals surface area contributed by atoms with Crippen LogP contribution in [0.4, 0.5) is 4.39 Å². The van der Waals surface area contributed by atoms with Crippen molar-refractivity contribution in [2.24, 2.45) is 11.7 Å². The minimum absolute atomic E-state index is 0.108. The van der Waals surface area contributed by atoms with E-state index >= 15 is 0 Å². The third-order valence-electron chi connectivity index (χ3n) is 6.93. The lowest BCUT2D eigenvalue weighted by Crippen LogP contribution is -2.50. The van der Waals surface area contributed by atoms with E-state index in [2.05, 4.69) is 17.2 Å². The van der Waals surface area contributed by atoms with Gasteiger partial charge in [-0.15, -0.1) is 0 Å². The van der Waals surface area contributed by atoms with Gasteiger partial charge in [0.15, 0.2) is 0 Å². The van der Waals surface area contributed by atoms with Crippen LogP contribution in [0.15, 0.2) is 60.7 Å². The van der Waals surface area contributed by atoms with Crippen LogP contribution in [-0.4, -0.2) is 54.3 Å². The molecule has 8 heteroatoms. The van der Waals surface area contributed by atoms with Crippen LogP contribution in [0.2, 0.25) is 0 Å². The number of carbonyl (C=O) groups is 3. The van der Waals surface area contributed by atoms with E-state index in [0.717, 1.165) is 30.4 Å². The van der Waals surface area contributed by atoms with Crippen molar-refractivity contribution in [3.05, 3.63) is 83.2 Å². The number of nitrogens with zero attached hydrogens (tertiary/aromatic N) is 1. The van der Waals surface area contributed by atoms with E-state index in [9.17, 15) is 18.8 Å². The highest BCUT2D eigenvalue weighted by atomic mass is 19.1. The summed E-state index contributed by atoms with van der Waals surface area (Å²) >= 11 is 0. The number of benzene rings is 2. The summed E-state index contributed by atoms with van der Waals surface area (Å²) in [4.78, 5) is 40.9. The van der Waals surface area contributed by atoms with Gasteiger partial charge < -0.3 is 21.3 Å². The van der Waals surface area contributed by atoms with E-state index < -0.39 is 18.0 Å². The van der Waals surface area contributed by atoms with E-state index in [0.29, 0.717) is 43.6 Å². The first-order valence-corrected chi connectivity index (χ1v) is 14.2. The van der Waals surface area contributed by atoms with E-state index in [-0.39, 0.29) is 23.5 Å². The second-order valence-electron chi connectivity index (χ2n) is 10.4. The Labute approximate surface area is 238 Å². The molecule has 0 unspecified atom stereocenters. The summed E-state index contributed by atoms with van der Waals surface area (Å²) in [5.41, 5.74) is 9.11. The molecule has 0 spiro atoms. The Morgan fingerprint density at radius 3 is 2.23 bits per heavy atom. The van der Waals surface area contributed by atoms with Gasteiger partial charge in [-0.05, 0) is 68.0 Å². The Kier molecular flexibility index (Phi) is 13.5. The number of nitrogens with two attached hydrogens (primary N) is 1. The molecule has 0 saturated heterocycles. The average molecular weight is 553 g/mol. The molecule has 3 atom stereocenters. The second-order valence-corrected chi connectivity index (χ2v) is 10.4. The quantitative estimate of drug-likeness (QED) is 0.259. The van der Waals surface area contributed by atoms with Crippen molar-refractivity contribution in [1.29, 1.82) is 0 Å². The van der Waals surface area contributed by atoms with Crippen LogP contribution in [0.3, 0.4) is 0 Å². The number of amides is 3. The molecule has 0 aliphatic rings. The zero-order chi connectivity index (χ0) is 29.7. The second kappa shape index (κ2) is 16.6. The molecule has 218 valence electrons. The van der Waals surface area contributed by atoms with Gasteiger partial charge >= 0.3 is 0 Å². The number of hydrogen-bond acceptors (Lipinski definition) is 4. The van der Waals surface area contributed by atoms with E-state index in [1.807, 2.05) is 20.8 Å². The predicted octanol–water partition coefficient (Wildman–Crippen LogP) is 4.86. The Balaban J connectivity index is 2.21. The molecule has 2 aromatic carbocycles. The standard InChI is InChI=1S/C32H45FN4O3/c1-6-16-37(17-7-2)32(40)26-11-9-10-25(20-26)31(39)36-29(19-24-12-14-27(33)15-13-24)28(34)18-23(5)30(38)35-21-22(4)8-3/h9-15,20,23,28-29H,4,6-8,16-19,21,34H2,1-3,5H3,(H,35,38)(H,36,39)/t23-,28+,29+/m1/s1. The van der Waals surface area contributed by atoms with Gasteiger partial charge in [0.1, 0.15) is 5.82 Å². The van der Waals surface area contributed by atoms with Gasteiger partial charge in [0.05, 0.1) is 0 Å². The molecule has 0 bridgehead atoms. The lowest BCUT2D eigenvalue weighted by Gasteiger charge is -2.27. The first kappa shape index (κ1) is 32.7. The number of hydrogen-bond donors (Lipinski definition) is 3. The van der Waals surface area contributed by atoms with Gasteiger partial charge in [-0.2, -0.15) is 0 Å². The molecule has 7 nitrogen and oxygen atoms in total. The number of halogens is 1. The summed E-state index contributed by atoms with van der Waals surface area (Å²) in [5.74, 6) is -1.35. The minimum atomic E-state index is -0.557. The fourth-order valence-corrected chi connectivity index (χ4v) is 4.46. The van der Waals surface area contributed by atoms with Crippen molar-refractivity contribution in [2.75, 3.05) is 19.6 Å². The van der Waals surface area contributed by atoms with Gasteiger partial charge in [-0.3, -0.25) is 14.4 Å². The van der Waals surface area contributed by atoms with Crippen LogP contribution in [0.1, 0.15) is 79.7 Å². The van der Waals surface area contributed by atoms with Crippen molar-refractivity contribution >= 4 is 17.7 Å². The zero-order valence-electron chi connectivity index (χ0n) is 24.3. The summed E-state index contributed by atoms with van der Waals surface area (Å²) < 4.78 is 13.5. The Bertz CT molecular complexity index is 1130. The molecular weight excluding hydrogens is 507 g/mol. The number of nitrogens with one attached hydrogen (secondary N) is 2. The average Bonchev–Trinajstić information content (AvgIpc) is 2.95. The van der Waals surface area contributed by atoms with Crippen molar-refractivity contribution < 1.29 is 18.8 Å². The molecule has 0 fully saturated rings. The van der Waals surface area contributed by atoms with Crippen LogP contribution in [0.5, 0.6) is 0 Å². The summed E-state index contributed by atoms with van der Waals surface area (Å²) in [6, 6.07) is 11.6. The fraction of sp³-hybridized carbons (Fsp3) is 0.469. The molecule has 0 aromatic heterocycles. The topological polar surface area (TPSA) is 105 Å². The number of rotatable bonds is 16. The van der Waals surface area contributed by atoms with Crippen molar-refractivity contribution in [1.82, 2.24) is 15.5 Å². The smallest absolute Gasteiger partial charge is 0.253 e. The van der Waals surface area contributed by atoms with Gasteiger partial charge in [-0.25, -0.2) is 4.39 Å². The van der Waals surface area contributed by atoms with Crippen LogP contribution < -0.4 is 16.4 Å². The third kappa shape index (κ3) is 10.2. The first-order valence-electron chi connectivity index (χ1n) is 14.2. The summed E-state index contributed by atoms with van der Waals surface area (Å²) in [7, 11) is 0. The third-order valence-corrected chi connectivity index (χ3v) is 6.93. The summed E-state index contributed by atoms with van der Waals surface area (Å²) in [6.07, 6.45) is 3.16. The van der Waals surface area contributed by atoms with Gasteiger partial charge in [0.25, 0.3) is 11.8 Å². The largest absolute Gasteiger partial charge is 0.352 e. The minimum Gasteiger partial charge on any atom is -0.352 e. The maximum atomic E-state index is 13.5. The van der Waals surface area contributed by atoms with Crippen LogP contribution in [0, 0.1) is 11.7 Å². The van der Waals surface area contributed by atoms with E-state index in [1.54, 1.807) is 48.2 Å². The molecule has 0 aliphatic heterocycles. The molecule has 3 amide bonds. The SMILES string of the molecule is C=C(CC)CNC(=O)[C@H](C)C[C@H](N)[C@H](Cc1ccc(F)cc1)NC(=O)c1cccc(C(=O)N(CCC)CCC)c1. The van der Waals surface area contributed by atoms with E-state index in [4.69, 9.17) is 5.73 Å². The maximum Gasteiger partial charge on any atom is 0.253 e. The Morgan fingerprint density at radius 2 is 1.62 bits per heavy atom. The molecule has 40 heavy (non-hydrogen) atoms. The predicted molar refractivity (Wildman–Crippen MR) is 158 cm³/mol. The van der Waals surface area contributed by atoms with Crippen molar-refractivity contribution in [3.8, 4) is 0 Å². The van der Waals surface area contributed by atoms with Crippen LogP contribution >= 0.6 is 0 Å². The monoisotopic (exact) mass is 552 g/mol. The highest BCUT2D eigenvalue weighted by Gasteiger charge is 2.26. The first-order chi connectivity index (χ1) is 19.1. The summed E-state index contributed by atoms with van der Waals surface area (Å²) in [6.45, 7) is 13.5. The zero-order valence-corrected chi connectivity index (χ0v) is 24.3. The molecular formula is C32H45FN4O3. The van der Waals surface area contributed by atoms with Gasteiger partial charge in [0, 0.05) is 48.8 Å². The molecule has 0 aliphatic carbocycles. The molecule has 0 heterocycles. The highest BCUT2D eigenvalue weighted by molar-refractivity contribution is 5.99. The number of carbonyl (C=O) groups excluding carboxylic acids is 3. The molecule has 4 N–H and O–H groups in total. The summed E-state index contributed by atoms with van der Waals surface area (Å²) in [5, 5.41) is 5.90. The van der Waals surface area contributed by atoms with Crippen molar-refractivity contribution in [3.63, 3.8) is 0 Å². The van der Waals surface area contributed by atoms with Crippen LogP contribution in [-0.2, 0) is 11.2 Å². The fourth-order valence-electron chi connectivity index (χ4n) is 4.46. The lowest BCUT2D eigenvalue weighted by molar-refractivity contribution is -0.124. The molecule has 2 rings (SSSR count). The van der Waals surface area contributed by atoms with Gasteiger partial charge in [-0.1, -0.05) is 58.0 Å². The van der Waals surface area contributed by atoms with Crippen LogP contribution in [0.25, 0.3) is 0 Å². The molecule has 0 saturated carbocycles. The molecule has 2 aromatic rings.